The topological polar surface area (TPSA) is 68.9 Å². The summed E-state index contributed by atoms with van der Waals surface area (Å²) in [5, 5.41) is 3.12. The van der Waals surface area contributed by atoms with Crippen LogP contribution < -0.4 is 20.5 Å². The number of aliphatic imine (C=N–C) groups is 1. The first-order chi connectivity index (χ1) is 12.0. The average molecular weight is 341 g/mol. The monoisotopic (exact) mass is 341 g/mol. The van der Waals surface area contributed by atoms with E-state index in [4.69, 9.17) is 15.2 Å². The first-order valence-electron chi connectivity index (χ1n) is 8.56. The van der Waals surface area contributed by atoms with E-state index < -0.39 is 0 Å². The molecule has 0 spiro atoms. The van der Waals surface area contributed by atoms with Crippen LogP contribution in [0, 0.1) is 13.8 Å². The van der Waals surface area contributed by atoms with Crippen molar-refractivity contribution < 1.29 is 9.47 Å². The number of hydrogen-bond donors (Lipinski definition) is 2. The first kappa shape index (κ1) is 18.6. The van der Waals surface area contributed by atoms with Gasteiger partial charge in [-0.3, -0.25) is 0 Å². The third kappa shape index (κ3) is 5.41. The third-order valence-corrected chi connectivity index (χ3v) is 3.74. The van der Waals surface area contributed by atoms with E-state index in [9.17, 15) is 0 Å². The van der Waals surface area contributed by atoms with Crippen LogP contribution in [0.4, 0.5) is 5.69 Å². The number of anilines is 1. The summed E-state index contributed by atoms with van der Waals surface area (Å²) in [6.07, 6.45) is 0. The fourth-order valence-corrected chi connectivity index (χ4v) is 2.52. The molecule has 0 amide bonds. The van der Waals surface area contributed by atoms with Gasteiger partial charge in [-0.05, 0) is 51.0 Å². The van der Waals surface area contributed by atoms with Crippen LogP contribution in [0.5, 0.6) is 11.5 Å². The van der Waals surface area contributed by atoms with Crippen molar-refractivity contribution in [2.75, 3.05) is 18.5 Å². The number of rotatable bonds is 7. The molecule has 0 fully saturated rings. The second-order valence-electron chi connectivity index (χ2n) is 5.78. The molecule has 0 radical (unpaired) electrons. The molecule has 0 aliphatic carbocycles. The Morgan fingerprint density at radius 3 is 2.48 bits per heavy atom. The van der Waals surface area contributed by atoms with Gasteiger partial charge in [0.05, 0.1) is 25.4 Å². The minimum absolute atomic E-state index is 0.342. The Morgan fingerprint density at radius 2 is 1.80 bits per heavy atom. The molecule has 0 aliphatic rings. The van der Waals surface area contributed by atoms with E-state index in [0.29, 0.717) is 25.7 Å². The van der Waals surface area contributed by atoms with Crippen LogP contribution in [0.2, 0.25) is 0 Å². The van der Waals surface area contributed by atoms with Crippen molar-refractivity contribution in [1.29, 1.82) is 0 Å². The van der Waals surface area contributed by atoms with E-state index in [1.54, 1.807) is 0 Å². The number of guanidine groups is 1. The van der Waals surface area contributed by atoms with Crippen molar-refractivity contribution in [2.24, 2.45) is 10.7 Å². The molecule has 0 atom stereocenters. The van der Waals surface area contributed by atoms with Gasteiger partial charge in [0, 0.05) is 6.07 Å². The number of aryl methyl sites for hydroxylation is 2. The lowest BCUT2D eigenvalue weighted by Gasteiger charge is -2.14. The summed E-state index contributed by atoms with van der Waals surface area (Å²) in [6.45, 7) is 9.75. The number of hydrogen-bond acceptors (Lipinski definition) is 3. The number of nitrogens with zero attached hydrogens (tertiary/aromatic N) is 1. The fourth-order valence-electron chi connectivity index (χ4n) is 2.52. The molecule has 0 heterocycles. The Labute approximate surface area is 149 Å². The second kappa shape index (κ2) is 8.97. The van der Waals surface area contributed by atoms with E-state index in [1.165, 1.54) is 11.1 Å². The van der Waals surface area contributed by atoms with Crippen LogP contribution >= 0.6 is 0 Å². The Bertz CT molecular complexity index is 742. The van der Waals surface area contributed by atoms with E-state index in [0.717, 1.165) is 22.7 Å². The van der Waals surface area contributed by atoms with Crippen molar-refractivity contribution >= 4 is 11.6 Å². The summed E-state index contributed by atoms with van der Waals surface area (Å²) >= 11 is 0. The van der Waals surface area contributed by atoms with Crippen LogP contribution in [0.1, 0.15) is 30.5 Å². The molecule has 0 unspecified atom stereocenters. The van der Waals surface area contributed by atoms with Gasteiger partial charge in [0.1, 0.15) is 11.5 Å². The molecule has 0 aliphatic heterocycles. The molecule has 0 bridgehead atoms. The molecule has 5 heteroatoms. The quantitative estimate of drug-likeness (QED) is 0.589. The predicted molar refractivity (Wildman–Crippen MR) is 104 cm³/mol. The SMILES string of the molecule is CCOc1ccc(OCC)c(NC(N)=NCc2ccc(C)cc2C)c1. The van der Waals surface area contributed by atoms with Gasteiger partial charge < -0.3 is 20.5 Å². The highest BCUT2D eigenvalue weighted by Crippen LogP contribution is 2.29. The van der Waals surface area contributed by atoms with E-state index in [1.807, 2.05) is 32.0 Å². The molecule has 5 nitrogen and oxygen atoms in total. The average Bonchev–Trinajstić information content (AvgIpc) is 2.57. The van der Waals surface area contributed by atoms with Gasteiger partial charge in [0.2, 0.25) is 0 Å². The van der Waals surface area contributed by atoms with Crippen LogP contribution in [-0.4, -0.2) is 19.2 Å². The van der Waals surface area contributed by atoms with E-state index in [-0.39, 0.29) is 0 Å². The van der Waals surface area contributed by atoms with Crippen molar-refractivity contribution in [2.45, 2.75) is 34.2 Å². The Hall–Kier alpha value is -2.69. The predicted octanol–water partition coefficient (Wildman–Crippen LogP) is 4.03. The minimum atomic E-state index is 0.342. The van der Waals surface area contributed by atoms with E-state index >= 15 is 0 Å². The maximum absolute atomic E-state index is 6.07. The fraction of sp³-hybridized carbons (Fsp3) is 0.350. The van der Waals surface area contributed by atoms with Crippen LogP contribution in [0.15, 0.2) is 41.4 Å². The Kier molecular flexibility index (Phi) is 6.69. The second-order valence-corrected chi connectivity index (χ2v) is 5.78. The maximum atomic E-state index is 6.07. The molecule has 2 aromatic rings. The minimum Gasteiger partial charge on any atom is -0.494 e. The lowest BCUT2D eigenvalue weighted by molar-refractivity contribution is 0.332. The number of nitrogens with two attached hydrogens (primary N) is 1. The molecule has 2 rings (SSSR count). The molecule has 0 aromatic heterocycles. The summed E-state index contributed by atoms with van der Waals surface area (Å²) in [5.74, 6) is 1.82. The largest absolute Gasteiger partial charge is 0.494 e. The molecule has 134 valence electrons. The van der Waals surface area contributed by atoms with Crippen molar-refractivity contribution in [3.05, 3.63) is 53.1 Å². The highest BCUT2D eigenvalue weighted by molar-refractivity contribution is 5.94. The Balaban J connectivity index is 2.14. The van der Waals surface area contributed by atoms with Gasteiger partial charge in [-0.15, -0.1) is 0 Å². The van der Waals surface area contributed by atoms with Gasteiger partial charge in [-0.1, -0.05) is 23.8 Å². The number of ether oxygens (including phenoxy) is 2. The van der Waals surface area contributed by atoms with Crippen molar-refractivity contribution in [3.63, 3.8) is 0 Å². The van der Waals surface area contributed by atoms with E-state index in [2.05, 4.69) is 42.4 Å². The first-order valence-corrected chi connectivity index (χ1v) is 8.56. The number of nitrogens with one attached hydrogen (secondary N) is 1. The van der Waals surface area contributed by atoms with Crippen molar-refractivity contribution in [1.82, 2.24) is 0 Å². The van der Waals surface area contributed by atoms with Crippen molar-refractivity contribution in [3.8, 4) is 11.5 Å². The van der Waals surface area contributed by atoms with Crippen LogP contribution in [-0.2, 0) is 6.54 Å². The van der Waals surface area contributed by atoms with Crippen LogP contribution in [0.25, 0.3) is 0 Å². The van der Waals surface area contributed by atoms with Gasteiger partial charge in [-0.25, -0.2) is 4.99 Å². The molecule has 2 aromatic carbocycles. The van der Waals surface area contributed by atoms with Gasteiger partial charge in [0.15, 0.2) is 5.96 Å². The maximum Gasteiger partial charge on any atom is 0.193 e. The summed E-state index contributed by atoms with van der Waals surface area (Å²) in [5.41, 5.74) is 10.4. The summed E-state index contributed by atoms with van der Waals surface area (Å²) in [7, 11) is 0. The summed E-state index contributed by atoms with van der Waals surface area (Å²) < 4.78 is 11.2. The molecule has 0 saturated heterocycles. The van der Waals surface area contributed by atoms with Gasteiger partial charge >= 0.3 is 0 Å². The zero-order valence-corrected chi connectivity index (χ0v) is 15.4. The normalized spacial score (nSPS) is 11.3. The smallest absolute Gasteiger partial charge is 0.193 e. The standard InChI is InChI=1S/C20H27N3O2/c1-5-24-17-9-10-19(25-6-2)18(12-17)23-20(21)22-13-16-8-7-14(3)11-15(16)4/h7-12H,5-6,13H2,1-4H3,(H3,21,22,23). The lowest BCUT2D eigenvalue weighted by atomic mass is 10.1. The Morgan fingerprint density at radius 1 is 1.04 bits per heavy atom. The summed E-state index contributed by atoms with van der Waals surface area (Å²) in [6, 6.07) is 11.9. The lowest BCUT2D eigenvalue weighted by Crippen LogP contribution is -2.23. The number of benzene rings is 2. The van der Waals surface area contributed by atoms with Gasteiger partial charge in [0.25, 0.3) is 0 Å². The molecule has 3 N–H and O–H groups in total. The molecule has 0 saturated carbocycles. The molecular formula is C20H27N3O2. The highest BCUT2D eigenvalue weighted by Gasteiger charge is 2.07. The highest BCUT2D eigenvalue weighted by atomic mass is 16.5. The summed E-state index contributed by atoms with van der Waals surface area (Å²) in [4.78, 5) is 4.44. The van der Waals surface area contributed by atoms with Crippen LogP contribution in [0.3, 0.4) is 0 Å². The molecular weight excluding hydrogens is 314 g/mol. The third-order valence-electron chi connectivity index (χ3n) is 3.74. The zero-order chi connectivity index (χ0) is 18.2. The zero-order valence-electron chi connectivity index (χ0n) is 15.4. The molecule has 25 heavy (non-hydrogen) atoms. The van der Waals surface area contributed by atoms with Gasteiger partial charge in [-0.2, -0.15) is 0 Å².